The highest BCUT2D eigenvalue weighted by molar-refractivity contribution is 9.10. The van der Waals surface area contributed by atoms with E-state index in [-0.39, 0.29) is 12.3 Å². The number of non-ortho nitro benzene ring substituents is 1. The summed E-state index contributed by atoms with van der Waals surface area (Å²) in [7, 11) is 0. The molecule has 7 heteroatoms. The van der Waals surface area contributed by atoms with Crippen LogP contribution in [0.15, 0.2) is 52.1 Å². The molecule has 0 saturated carbocycles. The zero-order valence-corrected chi connectivity index (χ0v) is 12.4. The van der Waals surface area contributed by atoms with Crippen LogP contribution in [0.5, 0.6) is 5.75 Å². The molecule has 2 aromatic rings. The molecule has 0 aliphatic heterocycles. The molecule has 0 aromatic heterocycles. The van der Waals surface area contributed by atoms with Crippen molar-refractivity contribution >= 4 is 27.8 Å². The predicted molar refractivity (Wildman–Crippen MR) is 81.0 cm³/mol. The van der Waals surface area contributed by atoms with Crippen molar-refractivity contribution in [2.75, 3.05) is 0 Å². The van der Waals surface area contributed by atoms with Crippen molar-refractivity contribution in [1.29, 1.82) is 0 Å². The number of nitrogens with zero attached hydrogens (tertiary/aromatic N) is 2. The number of ether oxygens (including phenoxy) is 1. The summed E-state index contributed by atoms with van der Waals surface area (Å²) in [6.07, 6.45) is 1.26. The highest BCUT2D eigenvalue weighted by Crippen LogP contribution is 2.23. The first-order valence-electron chi connectivity index (χ1n) is 5.93. The van der Waals surface area contributed by atoms with E-state index in [1.54, 1.807) is 30.3 Å². The molecule has 0 spiro atoms. The lowest BCUT2D eigenvalue weighted by atomic mass is 10.2. The summed E-state index contributed by atoms with van der Waals surface area (Å²) in [6.45, 7) is 0.176. The van der Waals surface area contributed by atoms with Crippen molar-refractivity contribution < 1.29 is 14.9 Å². The molecule has 0 radical (unpaired) electrons. The highest BCUT2D eigenvalue weighted by Gasteiger charge is 2.07. The molecule has 0 unspecified atom stereocenters. The van der Waals surface area contributed by atoms with Gasteiger partial charge >= 0.3 is 0 Å². The van der Waals surface area contributed by atoms with E-state index in [1.165, 1.54) is 18.3 Å². The van der Waals surface area contributed by atoms with E-state index in [1.807, 2.05) is 0 Å². The number of oxime groups is 1. The van der Waals surface area contributed by atoms with Gasteiger partial charge < -0.3 is 9.94 Å². The molecular weight excluding hydrogens is 340 g/mol. The second-order valence-corrected chi connectivity index (χ2v) is 5.06. The van der Waals surface area contributed by atoms with E-state index in [9.17, 15) is 10.1 Å². The van der Waals surface area contributed by atoms with Gasteiger partial charge in [0.1, 0.15) is 12.4 Å². The molecule has 2 aromatic carbocycles. The first-order chi connectivity index (χ1) is 10.1. The number of halogens is 1. The predicted octanol–water partition coefficient (Wildman–Crippen LogP) is 3.74. The molecule has 6 nitrogen and oxygen atoms in total. The third-order valence-electron chi connectivity index (χ3n) is 2.68. The SMILES string of the molecule is O=[N+]([O-])c1cccc(COc2ccc(Br)cc2/C=N\O)c1. The molecule has 0 bridgehead atoms. The Morgan fingerprint density at radius 2 is 2.14 bits per heavy atom. The van der Waals surface area contributed by atoms with Gasteiger partial charge in [-0.05, 0) is 23.8 Å². The number of benzene rings is 2. The van der Waals surface area contributed by atoms with Crippen LogP contribution in [0.3, 0.4) is 0 Å². The average Bonchev–Trinajstić information content (AvgIpc) is 2.47. The van der Waals surface area contributed by atoms with Gasteiger partial charge in [-0.15, -0.1) is 0 Å². The molecule has 108 valence electrons. The molecule has 0 amide bonds. The summed E-state index contributed by atoms with van der Waals surface area (Å²) in [5.41, 5.74) is 1.29. The third-order valence-corrected chi connectivity index (χ3v) is 3.18. The Balaban J connectivity index is 2.16. The molecule has 0 atom stereocenters. The van der Waals surface area contributed by atoms with Gasteiger partial charge in [0.15, 0.2) is 0 Å². The van der Waals surface area contributed by atoms with Gasteiger partial charge in [0.2, 0.25) is 0 Å². The quantitative estimate of drug-likeness (QED) is 0.385. The first kappa shape index (κ1) is 15.0. The molecule has 0 aliphatic carbocycles. The molecule has 0 saturated heterocycles. The Bertz CT molecular complexity index is 688. The summed E-state index contributed by atoms with van der Waals surface area (Å²) in [4.78, 5) is 10.3. The summed E-state index contributed by atoms with van der Waals surface area (Å²) in [6, 6.07) is 11.5. The molecule has 0 aliphatic rings. The van der Waals surface area contributed by atoms with Crippen molar-refractivity contribution in [3.8, 4) is 5.75 Å². The van der Waals surface area contributed by atoms with Crippen LogP contribution < -0.4 is 4.74 Å². The number of rotatable bonds is 5. The van der Waals surface area contributed by atoms with Gasteiger partial charge in [-0.1, -0.05) is 33.2 Å². The van der Waals surface area contributed by atoms with Crippen molar-refractivity contribution in [1.82, 2.24) is 0 Å². The van der Waals surface area contributed by atoms with Crippen LogP contribution >= 0.6 is 15.9 Å². The van der Waals surface area contributed by atoms with Gasteiger partial charge in [-0.25, -0.2) is 0 Å². The normalized spacial score (nSPS) is 10.7. The fourth-order valence-electron chi connectivity index (χ4n) is 1.73. The Morgan fingerprint density at radius 1 is 1.33 bits per heavy atom. The van der Waals surface area contributed by atoms with Gasteiger partial charge in [-0.2, -0.15) is 0 Å². The number of hydrogen-bond acceptors (Lipinski definition) is 5. The van der Waals surface area contributed by atoms with Gasteiger partial charge in [0, 0.05) is 22.2 Å². The van der Waals surface area contributed by atoms with E-state index in [0.717, 1.165) is 4.47 Å². The first-order valence-corrected chi connectivity index (χ1v) is 6.72. The van der Waals surface area contributed by atoms with Crippen molar-refractivity contribution in [3.63, 3.8) is 0 Å². The van der Waals surface area contributed by atoms with Crippen LogP contribution in [-0.4, -0.2) is 16.3 Å². The fraction of sp³-hybridized carbons (Fsp3) is 0.0714. The Hall–Kier alpha value is -2.41. The minimum atomic E-state index is -0.451. The molecular formula is C14H11BrN2O4. The Labute approximate surface area is 128 Å². The maximum Gasteiger partial charge on any atom is 0.269 e. The van der Waals surface area contributed by atoms with Gasteiger partial charge in [0.05, 0.1) is 11.1 Å². The zero-order chi connectivity index (χ0) is 15.2. The molecule has 2 rings (SSSR count). The topological polar surface area (TPSA) is 85.0 Å². The van der Waals surface area contributed by atoms with Crippen LogP contribution in [0.2, 0.25) is 0 Å². The van der Waals surface area contributed by atoms with Gasteiger partial charge in [-0.3, -0.25) is 10.1 Å². The Morgan fingerprint density at radius 3 is 2.86 bits per heavy atom. The van der Waals surface area contributed by atoms with Crippen molar-refractivity contribution in [2.45, 2.75) is 6.61 Å². The zero-order valence-electron chi connectivity index (χ0n) is 10.8. The molecule has 1 N–H and O–H groups in total. The van der Waals surface area contributed by atoms with Crippen LogP contribution in [0.4, 0.5) is 5.69 Å². The number of nitro groups is 1. The average molecular weight is 351 g/mol. The van der Waals surface area contributed by atoms with E-state index in [0.29, 0.717) is 16.9 Å². The lowest BCUT2D eigenvalue weighted by Gasteiger charge is -2.09. The van der Waals surface area contributed by atoms with E-state index in [4.69, 9.17) is 9.94 Å². The lowest BCUT2D eigenvalue weighted by molar-refractivity contribution is -0.384. The summed E-state index contributed by atoms with van der Waals surface area (Å²) in [5.74, 6) is 0.516. The second kappa shape index (κ2) is 6.85. The fourth-order valence-corrected chi connectivity index (χ4v) is 2.11. The molecule has 0 heterocycles. The number of nitro benzene ring substituents is 1. The van der Waals surface area contributed by atoms with Crippen LogP contribution in [0.25, 0.3) is 0 Å². The van der Waals surface area contributed by atoms with Crippen LogP contribution in [0.1, 0.15) is 11.1 Å². The maximum absolute atomic E-state index is 10.7. The lowest BCUT2D eigenvalue weighted by Crippen LogP contribution is -1.99. The van der Waals surface area contributed by atoms with Crippen LogP contribution in [0, 0.1) is 10.1 Å². The van der Waals surface area contributed by atoms with E-state index >= 15 is 0 Å². The van der Waals surface area contributed by atoms with Gasteiger partial charge in [0.25, 0.3) is 5.69 Å². The van der Waals surface area contributed by atoms with Crippen molar-refractivity contribution in [3.05, 3.63) is 68.2 Å². The van der Waals surface area contributed by atoms with Crippen LogP contribution in [-0.2, 0) is 6.61 Å². The summed E-state index contributed by atoms with van der Waals surface area (Å²) in [5, 5.41) is 22.3. The molecule has 21 heavy (non-hydrogen) atoms. The largest absolute Gasteiger partial charge is 0.488 e. The number of hydrogen-bond donors (Lipinski definition) is 1. The molecule has 0 fully saturated rings. The van der Waals surface area contributed by atoms with E-state index in [2.05, 4.69) is 21.1 Å². The summed E-state index contributed by atoms with van der Waals surface area (Å²) >= 11 is 3.31. The Kier molecular flexibility index (Phi) is 4.89. The minimum Gasteiger partial charge on any atom is -0.488 e. The highest BCUT2D eigenvalue weighted by atomic mass is 79.9. The van der Waals surface area contributed by atoms with E-state index < -0.39 is 4.92 Å². The van der Waals surface area contributed by atoms with Crippen molar-refractivity contribution in [2.24, 2.45) is 5.16 Å². The maximum atomic E-state index is 10.7. The smallest absolute Gasteiger partial charge is 0.269 e. The second-order valence-electron chi connectivity index (χ2n) is 4.14. The monoisotopic (exact) mass is 350 g/mol. The summed E-state index contributed by atoms with van der Waals surface area (Å²) < 4.78 is 6.44. The minimum absolute atomic E-state index is 0.0176. The standard InChI is InChI=1S/C14H11BrN2O4/c15-12-4-5-14(11(7-12)8-16-18)21-9-10-2-1-3-13(6-10)17(19)20/h1-8,18H,9H2/b16-8-. The third kappa shape index (κ3) is 4.03.